The van der Waals surface area contributed by atoms with Crippen molar-refractivity contribution in [3.63, 3.8) is 0 Å². The molecule has 32 heavy (non-hydrogen) atoms. The van der Waals surface area contributed by atoms with Crippen molar-refractivity contribution in [1.82, 2.24) is 4.57 Å². The number of allylic oxidation sites excluding steroid dienone is 1. The molecule has 0 aliphatic heterocycles. The maximum Gasteiger partial charge on any atom is 0.155 e. The molecular weight excluding hydrogens is 394 g/mol. The number of aliphatic hydroxyl groups excluding tert-OH is 1. The van der Waals surface area contributed by atoms with E-state index in [-0.39, 0.29) is 16.9 Å². The summed E-state index contributed by atoms with van der Waals surface area (Å²) in [6, 6.07) is 13.3. The Kier molecular flexibility index (Phi) is 4.60. The van der Waals surface area contributed by atoms with E-state index in [1.54, 1.807) is 0 Å². The molecule has 3 nitrogen and oxygen atoms in total. The van der Waals surface area contributed by atoms with E-state index in [0.29, 0.717) is 35.9 Å². The van der Waals surface area contributed by atoms with Crippen LogP contribution >= 0.6 is 0 Å². The lowest BCUT2D eigenvalue weighted by Crippen LogP contribution is -2.54. The van der Waals surface area contributed by atoms with Crippen LogP contribution in [0.3, 0.4) is 0 Å². The molecule has 0 bridgehead atoms. The van der Waals surface area contributed by atoms with Crippen molar-refractivity contribution in [2.24, 2.45) is 28.6 Å². The van der Waals surface area contributed by atoms with Gasteiger partial charge in [0.05, 0.1) is 6.10 Å². The standard InChI is InChI=1S/C29H35NO2/c1-28-14-13-22(31)17-20(28)7-10-23-25-11-12-26(32)29(25,2)18-24(27(23)28)19-5-8-21(9-6-19)30-15-3-4-16-30/h3-6,8-9,15-17,23-27,32H,7,10-14,18H2,1-2H3. The number of carbonyl (C=O) groups is 1. The maximum absolute atomic E-state index is 12.3. The minimum absolute atomic E-state index is 0.00694. The molecule has 6 rings (SSSR count). The number of carbonyl (C=O) groups excluding carboxylic acids is 1. The summed E-state index contributed by atoms with van der Waals surface area (Å²) in [7, 11) is 0. The van der Waals surface area contributed by atoms with Crippen LogP contribution in [0, 0.1) is 28.6 Å². The smallest absolute Gasteiger partial charge is 0.155 e. The summed E-state index contributed by atoms with van der Waals surface area (Å²) in [5.74, 6) is 2.54. The van der Waals surface area contributed by atoms with Gasteiger partial charge in [-0.2, -0.15) is 0 Å². The zero-order chi connectivity index (χ0) is 22.1. The lowest BCUT2D eigenvalue weighted by Gasteiger charge is -2.61. The van der Waals surface area contributed by atoms with Gasteiger partial charge in [-0.05, 0) is 109 Å². The summed E-state index contributed by atoms with van der Waals surface area (Å²) >= 11 is 0. The molecule has 2 aromatic rings. The number of hydrogen-bond donors (Lipinski definition) is 1. The van der Waals surface area contributed by atoms with Gasteiger partial charge in [-0.1, -0.05) is 31.6 Å². The second-order valence-electron chi connectivity index (χ2n) is 11.5. The number of benzene rings is 1. The van der Waals surface area contributed by atoms with Crippen molar-refractivity contribution in [3.8, 4) is 5.69 Å². The van der Waals surface area contributed by atoms with E-state index in [2.05, 4.69) is 67.2 Å². The Balaban J connectivity index is 1.44. The van der Waals surface area contributed by atoms with E-state index in [9.17, 15) is 9.90 Å². The second kappa shape index (κ2) is 7.18. The normalized spacial score (nSPS) is 40.9. The molecule has 0 spiro atoms. The van der Waals surface area contributed by atoms with Crippen LogP contribution in [0.4, 0.5) is 0 Å². The highest BCUT2D eigenvalue weighted by Gasteiger charge is 2.62. The Hall–Kier alpha value is -2.13. The molecule has 1 aromatic heterocycles. The van der Waals surface area contributed by atoms with E-state index < -0.39 is 0 Å². The van der Waals surface area contributed by atoms with Crippen LogP contribution in [-0.4, -0.2) is 21.6 Å². The molecule has 3 heteroatoms. The average Bonchev–Trinajstić information content (AvgIpc) is 3.42. The summed E-state index contributed by atoms with van der Waals surface area (Å²) in [5.41, 5.74) is 4.12. The zero-order valence-electron chi connectivity index (χ0n) is 19.3. The fourth-order valence-corrected chi connectivity index (χ4v) is 8.44. The third-order valence-corrected chi connectivity index (χ3v) is 10.1. The van der Waals surface area contributed by atoms with Crippen LogP contribution < -0.4 is 0 Å². The topological polar surface area (TPSA) is 42.2 Å². The first-order chi connectivity index (χ1) is 15.4. The predicted molar refractivity (Wildman–Crippen MR) is 127 cm³/mol. The largest absolute Gasteiger partial charge is 0.393 e. The molecule has 1 heterocycles. The quantitative estimate of drug-likeness (QED) is 0.630. The molecular formula is C29H35NO2. The monoisotopic (exact) mass is 429 g/mol. The molecule has 168 valence electrons. The minimum atomic E-state index is -0.187. The van der Waals surface area contributed by atoms with Gasteiger partial charge in [-0.3, -0.25) is 4.79 Å². The zero-order valence-corrected chi connectivity index (χ0v) is 19.3. The Morgan fingerprint density at radius 2 is 1.75 bits per heavy atom. The maximum atomic E-state index is 12.3. The van der Waals surface area contributed by atoms with Crippen molar-refractivity contribution in [2.45, 2.75) is 70.8 Å². The highest BCUT2D eigenvalue weighted by Crippen LogP contribution is 2.68. The molecule has 0 saturated heterocycles. The first kappa shape index (κ1) is 20.5. The van der Waals surface area contributed by atoms with Crippen molar-refractivity contribution < 1.29 is 9.90 Å². The van der Waals surface area contributed by atoms with Gasteiger partial charge in [-0.15, -0.1) is 0 Å². The van der Waals surface area contributed by atoms with E-state index in [0.717, 1.165) is 32.1 Å². The Morgan fingerprint density at radius 3 is 2.50 bits per heavy atom. The van der Waals surface area contributed by atoms with Crippen LogP contribution in [0.2, 0.25) is 0 Å². The molecule has 7 unspecified atom stereocenters. The number of rotatable bonds is 2. The van der Waals surface area contributed by atoms with Gasteiger partial charge in [0.15, 0.2) is 5.78 Å². The van der Waals surface area contributed by atoms with Crippen molar-refractivity contribution in [1.29, 1.82) is 0 Å². The molecule has 3 saturated carbocycles. The molecule has 4 aliphatic carbocycles. The van der Waals surface area contributed by atoms with Gasteiger partial charge in [0.1, 0.15) is 0 Å². The summed E-state index contributed by atoms with van der Waals surface area (Å²) in [6.45, 7) is 4.82. The first-order valence-electron chi connectivity index (χ1n) is 12.6. The summed E-state index contributed by atoms with van der Waals surface area (Å²) in [5, 5.41) is 11.1. The van der Waals surface area contributed by atoms with Crippen LogP contribution in [0.5, 0.6) is 0 Å². The Bertz CT molecular complexity index is 1050. The van der Waals surface area contributed by atoms with Crippen LogP contribution in [0.25, 0.3) is 5.69 Å². The highest BCUT2D eigenvalue weighted by molar-refractivity contribution is 5.91. The van der Waals surface area contributed by atoms with Crippen LogP contribution in [-0.2, 0) is 4.79 Å². The van der Waals surface area contributed by atoms with Gasteiger partial charge in [0, 0.05) is 24.5 Å². The highest BCUT2D eigenvalue weighted by atomic mass is 16.3. The molecule has 4 aliphatic rings. The van der Waals surface area contributed by atoms with Gasteiger partial charge < -0.3 is 9.67 Å². The summed E-state index contributed by atoms with van der Waals surface area (Å²) in [4.78, 5) is 12.3. The lowest BCUT2D eigenvalue weighted by molar-refractivity contribution is -0.118. The molecule has 0 amide bonds. The van der Waals surface area contributed by atoms with Crippen molar-refractivity contribution >= 4 is 5.78 Å². The number of aliphatic hydroxyl groups is 1. The van der Waals surface area contributed by atoms with E-state index in [4.69, 9.17) is 0 Å². The number of hydrogen-bond acceptors (Lipinski definition) is 2. The lowest BCUT2D eigenvalue weighted by atomic mass is 9.44. The molecule has 0 radical (unpaired) electrons. The second-order valence-corrected chi connectivity index (χ2v) is 11.5. The summed E-state index contributed by atoms with van der Waals surface area (Å²) < 4.78 is 2.15. The first-order valence-corrected chi connectivity index (χ1v) is 12.6. The number of ketones is 1. The minimum Gasteiger partial charge on any atom is -0.393 e. The van der Waals surface area contributed by atoms with Crippen molar-refractivity contribution in [2.75, 3.05) is 0 Å². The van der Waals surface area contributed by atoms with Gasteiger partial charge in [0.2, 0.25) is 0 Å². The molecule has 7 atom stereocenters. The fourth-order valence-electron chi connectivity index (χ4n) is 8.44. The summed E-state index contributed by atoms with van der Waals surface area (Å²) in [6.07, 6.45) is 13.1. The average molecular weight is 430 g/mol. The predicted octanol–water partition coefficient (Wildman–Crippen LogP) is 6.06. The van der Waals surface area contributed by atoms with Gasteiger partial charge in [-0.25, -0.2) is 0 Å². The van der Waals surface area contributed by atoms with Crippen LogP contribution in [0.15, 0.2) is 60.4 Å². The Morgan fingerprint density at radius 1 is 1.00 bits per heavy atom. The van der Waals surface area contributed by atoms with Crippen LogP contribution in [0.1, 0.15) is 70.3 Å². The van der Waals surface area contributed by atoms with Gasteiger partial charge in [0.25, 0.3) is 0 Å². The third-order valence-electron chi connectivity index (χ3n) is 10.1. The molecule has 1 N–H and O–H groups in total. The fraction of sp³-hybridized carbons (Fsp3) is 0.552. The number of nitrogens with zero attached hydrogens (tertiary/aromatic N) is 1. The van der Waals surface area contributed by atoms with E-state index >= 15 is 0 Å². The number of aromatic nitrogens is 1. The van der Waals surface area contributed by atoms with Crippen molar-refractivity contribution in [3.05, 3.63) is 66.0 Å². The van der Waals surface area contributed by atoms with Gasteiger partial charge >= 0.3 is 0 Å². The SMILES string of the molecule is CC12CCC(=O)C=C1CCC1C2C(c2ccc(-n3cccc3)cc2)CC2(C)C(O)CCC12. The molecule has 3 fully saturated rings. The van der Waals surface area contributed by atoms with E-state index in [1.165, 1.54) is 23.2 Å². The third kappa shape index (κ3) is 2.86. The number of fused-ring (bicyclic) bond motifs is 5. The van der Waals surface area contributed by atoms with E-state index in [1.807, 2.05) is 6.08 Å². The Labute approximate surface area is 191 Å². The molecule has 1 aromatic carbocycles.